The molecule has 4 nitrogen and oxygen atoms in total. The number of nitrogens with one attached hydrogen (secondary N) is 1. The number of unbranched alkanes of at least 4 members (excludes halogenated alkanes) is 3. The molecule has 0 aromatic carbocycles. The highest BCUT2D eigenvalue weighted by Gasteiger charge is 2.21. The van der Waals surface area contributed by atoms with Crippen LogP contribution in [0.25, 0.3) is 0 Å². The van der Waals surface area contributed by atoms with Gasteiger partial charge in [0.1, 0.15) is 0 Å². The van der Waals surface area contributed by atoms with E-state index in [9.17, 15) is 4.79 Å². The molecule has 0 saturated heterocycles. The zero-order chi connectivity index (χ0) is 14.6. The third-order valence-corrected chi connectivity index (χ3v) is 4.15. The summed E-state index contributed by atoms with van der Waals surface area (Å²) in [5, 5.41) is 2.94. The average Bonchev–Trinajstić information content (AvgIpc) is 2.45. The summed E-state index contributed by atoms with van der Waals surface area (Å²) in [6.45, 7) is 4.31. The summed E-state index contributed by atoms with van der Waals surface area (Å²) >= 11 is 0. The van der Waals surface area contributed by atoms with Crippen LogP contribution in [0.15, 0.2) is 0 Å². The molecule has 20 heavy (non-hydrogen) atoms. The molecule has 0 aliphatic heterocycles. The van der Waals surface area contributed by atoms with Crippen LogP contribution in [-0.4, -0.2) is 31.7 Å². The van der Waals surface area contributed by atoms with Crippen LogP contribution in [0, 0.1) is 5.92 Å². The van der Waals surface area contributed by atoms with Gasteiger partial charge in [0, 0.05) is 13.0 Å². The van der Waals surface area contributed by atoms with Crippen molar-refractivity contribution in [1.82, 2.24) is 5.32 Å². The summed E-state index contributed by atoms with van der Waals surface area (Å²) in [5.41, 5.74) is 5.43. The minimum atomic E-state index is 0.151. The van der Waals surface area contributed by atoms with Gasteiger partial charge in [-0.3, -0.25) is 4.79 Å². The number of rotatable bonds is 10. The first kappa shape index (κ1) is 17.4. The maximum Gasteiger partial charge on any atom is 0.220 e. The Morgan fingerprint density at radius 1 is 1.20 bits per heavy atom. The molecule has 1 aliphatic rings. The van der Waals surface area contributed by atoms with E-state index >= 15 is 0 Å². The molecule has 0 aromatic rings. The molecule has 2 atom stereocenters. The Morgan fingerprint density at radius 3 is 2.70 bits per heavy atom. The topological polar surface area (TPSA) is 64.3 Å². The van der Waals surface area contributed by atoms with Gasteiger partial charge in [0.05, 0.1) is 12.7 Å². The molecule has 118 valence electrons. The summed E-state index contributed by atoms with van der Waals surface area (Å²) in [5.74, 6) is 0.819. The summed E-state index contributed by atoms with van der Waals surface area (Å²) in [6, 6.07) is 0. The van der Waals surface area contributed by atoms with Gasteiger partial charge in [0.2, 0.25) is 5.91 Å². The number of hydrogen-bond acceptors (Lipinski definition) is 3. The highest BCUT2D eigenvalue weighted by Crippen LogP contribution is 2.25. The van der Waals surface area contributed by atoms with Crippen LogP contribution >= 0.6 is 0 Å². The fraction of sp³-hybridized carbons (Fsp3) is 0.938. The maximum absolute atomic E-state index is 11.6. The second kappa shape index (κ2) is 11.1. The number of ether oxygens (including phenoxy) is 1. The third-order valence-electron chi connectivity index (χ3n) is 4.15. The molecule has 0 heterocycles. The fourth-order valence-electron chi connectivity index (χ4n) is 2.80. The molecule has 0 spiro atoms. The predicted molar refractivity (Wildman–Crippen MR) is 82.5 cm³/mol. The van der Waals surface area contributed by atoms with Crippen LogP contribution in [-0.2, 0) is 9.53 Å². The smallest absolute Gasteiger partial charge is 0.220 e. The van der Waals surface area contributed by atoms with Crippen molar-refractivity contribution >= 4 is 5.91 Å². The zero-order valence-corrected chi connectivity index (χ0v) is 13.0. The molecule has 1 fully saturated rings. The lowest BCUT2D eigenvalue weighted by atomic mass is 9.88. The summed E-state index contributed by atoms with van der Waals surface area (Å²) in [4.78, 5) is 11.6. The number of carbonyl (C=O) groups is 1. The van der Waals surface area contributed by atoms with E-state index in [4.69, 9.17) is 10.5 Å². The van der Waals surface area contributed by atoms with E-state index in [-0.39, 0.29) is 5.91 Å². The van der Waals surface area contributed by atoms with E-state index in [0.717, 1.165) is 32.2 Å². The third kappa shape index (κ3) is 7.85. The Morgan fingerprint density at radius 2 is 1.95 bits per heavy atom. The van der Waals surface area contributed by atoms with Gasteiger partial charge in [-0.2, -0.15) is 0 Å². The molecular formula is C16H32N2O2. The molecule has 1 amide bonds. The van der Waals surface area contributed by atoms with E-state index in [2.05, 4.69) is 12.2 Å². The Labute approximate surface area is 123 Å². The lowest BCUT2D eigenvalue weighted by Crippen LogP contribution is -2.31. The molecule has 4 heteroatoms. The monoisotopic (exact) mass is 284 g/mol. The lowest BCUT2D eigenvalue weighted by Gasteiger charge is -2.28. The molecule has 1 rings (SSSR count). The molecule has 1 aliphatic carbocycles. The first-order valence-electron chi connectivity index (χ1n) is 8.32. The number of carbonyl (C=O) groups excluding carboxylic acids is 1. The van der Waals surface area contributed by atoms with E-state index in [1.165, 1.54) is 25.7 Å². The van der Waals surface area contributed by atoms with Gasteiger partial charge in [0.25, 0.3) is 0 Å². The van der Waals surface area contributed by atoms with E-state index in [0.29, 0.717) is 31.6 Å². The number of nitrogens with two attached hydrogens (primary N) is 1. The fourth-order valence-corrected chi connectivity index (χ4v) is 2.80. The summed E-state index contributed by atoms with van der Waals surface area (Å²) in [7, 11) is 0. The van der Waals surface area contributed by atoms with Gasteiger partial charge in [-0.25, -0.2) is 0 Å². The van der Waals surface area contributed by atoms with E-state index in [1.54, 1.807) is 0 Å². The average molecular weight is 284 g/mol. The molecule has 2 unspecified atom stereocenters. The van der Waals surface area contributed by atoms with Crippen molar-refractivity contribution in [2.75, 3.05) is 19.7 Å². The van der Waals surface area contributed by atoms with Gasteiger partial charge in [0.15, 0.2) is 0 Å². The standard InChI is InChI=1S/C16H32N2O2/c1-14-8-5-6-9-15(14)20-13-12-18-16(19)10-4-2-3-7-11-17/h14-15H,2-13,17H2,1H3,(H,18,19). The van der Waals surface area contributed by atoms with Gasteiger partial charge >= 0.3 is 0 Å². The van der Waals surface area contributed by atoms with Crippen molar-refractivity contribution in [3.8, 4) is 0 Å². The summed E-state index contributed by atoms with van der Waals surface area (Å²) < 4.78 is 5.87. The molecular weight excluding hydrogens is 252 g/mol. The molecule has 0 bridgehead atoms. The highest BCUT2D eigenvalue weighted by molar-refractivity contribution is 5.75. The molecule has 0 aromatic heterocycles. The van der Waals surface area contributed by atoms with Gasteiger partial charge in [-0.1, -0.05) is 32.6 Å². The molecule has 3 N–H and O–H groups in total. The van der Waals surface area contributed by atoms with E-state index in [1.807, 2.05) is 0 Å². The van der Waals surface area contributed by atoms with Crippen LogP contribution in [0.5, 0.6) is 0 Å². The van der Waals surface area contributed by atoms with Gasteiger partial charge in [-0.05, 0) is 38.1 Å². The van der Waals surface area contributed by atoms with Crippen molar-refractivity contribution in [2.45, 2.75) is 70.8 Å². The number of amides is 1. The predicted octanol–water partition coefficient (Wildman–Crippen LogP) is 2.61. The van der Waals surface area contributed by atoms with Crippen LogP contribution in [0.1, 0.15) is 64.7 Å². The zero-order valence-electron chi connectivity index (χ0n) is 13.0. The van der Waals surface area contributed by atoms with Gasteiger partial charge in [-0.15, -0.1) is 0 Å². The first-order valence-corrected chi connectivity index (χ1v) is 8.32. The van der Waals surface area contributed by atoms with Crippen LogP contribution in [0.2, 0.25) is 0 Å². The minimum Gasteiger partial charge on any atom is -0.376 e. The second-order valence-corrected chi connectivity index (χ2v) is 5.97. The first-order chi connectivity index (χ1) is 9.74. The van der Waals surface area contributed by atoms with E-state index < -0.39 is 0 Å². The van der Waals surface area contributed by atoms with Crippen LogP contribution in [0.4, 0.5) is 0 Å². The SMILES string of the molecule is CC1CCCCC1OCCNC(=O)CCCCCCN. The molecule has 0 radical (unpaired) electrons. The quantitative estimate of drug-likeness (QED) is 0.606. The Kier molecular flexibility index (Phi) is 9.67. The Bertz CT molecular complexity index is 259. The Balaban J connectivity index is 1.93. The van der Waals surface area contributed by atoms with Gasteiger partial charge < -0.3 is 15.8 Å². The second-order valence-electron chi connectivity index (χ2n) is 5.97. The maximum atomic E-state index is 11.6. The number of hydrogen-bond donors (Lipinski definition) is 2. The van der Waals surface area contributed by atoms with Crippen molar-refractivity contribution in [3.05, 3.63) is 0 Å². The normalized spacial score (nSPS) is 22.7. The largest absolute Gasteiger partial charge is 0.376 e. The lowest BCUT2D eigenvalue weighted by molar-refractivity contribution is -0.121. The van der Waals surface area contributed by atoms with Crippen molar-refractivity contribution < 1.29 is 9.53 Å². The highest BCUT2D eigenvalue weighted by atomic mass is 16.5. The molecule has 1 saturated carbocycles. The van der Waals surface area contributed by atoms with Crippen molar-refractivity contribution in [1.29, 1.82) is 0 Å². The van der Waals surface area contributed by atoms with Crippen LogP contribution in [0.3, 0.4) is 0 Å². The van der Waals surface area contributed by atoms with Crippen molar-refractivity contribution in [2.24, 2.45) is 11.7 Å². The van der Waals surface area contributed by atoms with Crippen molar-refractivity contribution in [3.63, 3.8) is 0 Å². The minimum absolute atomic E-state index is 0.151. The Hall–Kier alpha value is -0.610. The summed E-state index contributed by atoms with van der Waals surface area (Å²) in [6.07, 6.45) is 10.4. The van der Waals surface area contributed by atoms with Crippen LogP contribution < -0.4 is 11.1 Å².